The van der Waals surface area contributed by atoms with Crippen molar-refractivity contribution >= 4 is 17.3 Å². The lowest BCUT2D eigenvalue weighted by atomic mass is 10.1. The van der Waals surface area contributed by atoms with Gasteiger partial charge in [0, 0.05) is 37.2 Å². The first kappa shape index (κ1) is 13.3. The Kier molecular flexibility index (Phi) is 3.85. The highest BCUT2D eigenvalue weighted by Gasteiger charge is 2.41. The average Bonchev–Trinajstić information content (AvgIpc) is 3.11. The summed E-state index contributed by atoms with van der Waals surface area (Å²) in [5.41, 5.74) is 0.876. The summed E-state index contributed by atoms with van der Waals surface area (Å²) < 4.78 is 0. The van der Waals surface area contributed by atoms with Crippen LogP contribution in [-0.2, 0) is 6.54 Å². The van der Waals surface area contributed by atoms with Crippen LogP contribution in [-0.4, -0.2) is 23.2 Å². The summed E-state index contributed by atoms with van der Waals surface area (Å²) in [7, 11) is 0. The molecule has 0 unspecified atom stereocenters. The molecule has 1 aliphatic rings. The largest absolute Gasteiger partial charge is 0.396 e. The van der Waals surface area contributed by atoms with Crippen LogP contribution >= 0.6 is 11.6 Å². The molecular formula is C12H15ClN2O3. The van der Waals surface area contributed by atoms with Crippen molar-refractivity contribution in [2.75, 3.05) is 13.2 Å². The highest BCUT2D eigenvalue weighted by molar-refractivity contribution is 6.31. The molecule has 0 spiro atoms. The van der Waals surface area contributed by atoms with Crippen molar-refractivity contribution in [3.8, 4) is 0 Å². The van der Waals surface area contributed by atoms with E-state index in [9.17, 15) is 10.1 Å². The molecule has 0 atom stereocenters. The molecule has 98 valence electrons. The molecule has 1 aliphatic carbocycles. The van der Waals surface area contributed by atoms with Crippen molar-refractivity contribution in [1.29, 1.82) is 0 Å². The van der Waals surface area contributed by atoms with Gasteiger partial charge in [0.25, 0.3) is 5.69 Å². The van der Waals surface area contributed by atoms with E-state index in [-0.39, 0.29) is 17.7 Å². The van der Waals surface area contributed by atoms with Gasteiger partial charge in [-0.1, -0.05) is 11.6 Å². The van der Waals surface area contributed by atoms with Gasteiger partial charge in [-0.15, -0.1) is 0 Å². The second-order valence-electron chi connectivity index (χ2n) is 4.79. The van der Waals surface area contributed by atoms with Crippen LogP contribution in [0.15, 0.2) is 18.2 Å². The van der Waals surface area contributed by atoms with Gasteiger partial charge in [-0.2, -0.15) is 0 Å². The van der Waals surface area contributed by atoms with E-state index in [0.717, 1.165) is 24.9 Å². The lowest BCUT2D eigenvalue weighted by Gasteiger charge is -2.13. The van der Waals surface area contributed by atoms with E-state index >= 15 is 0 Å². The molecule has 1 aromatic carbocycles. The van der Waals surface area contributed by atoms with Gasteiger partial charge >= 0.3 is 0 Å². The Hall–Kier alpha value is -1.17. The first-order chi connectivity index (χ1) is 8.56. The van der Waals surface area contributed by atoms with E-state index < -0.39 is 4.92 Å². The highest BCUT2D eigenvalue weighted by Crippen LogP contribution is 2.44. The van der Waals surface area contributed by atoms with Gasteiger partial charge in [0.05, 0.1) is 9.95 Å². The maximum atomic E-state index is 10.6. The second kappa shape index (κ2) is 5.22. The van der Waals surface area contributed by atoms with Crippen LogP contribution in [0, 0.1) is 15.5 Å². The average molecular weight is 271 g/mol. The minimum absolute atomic E-state index is 0.00206. The first-order valence-corrected chi connectivity index (χ1v) is 6.18. The van der Waals surface area contributed by atoms with Crippen molar-refractivity contribution < 1.29 is 10.0 Å². The van der Waals surface area contributed by atoms with Crippen molar-refractivity contribution in [3.05, 3.63) is 38.9 Å². The predicted octanol–water partition coefficient (Wildman–Crippen LogP) is 2.11. The van der Waals surface area contributed by atoms with Gasteiger partial charge in [-0.25, -0.2) is 0 Å². The molecule has 0 radical (unpaired) electrons. The lowest BCUT2D eigenvalue weighted by Crippen LogP contribution is -2.26. The molecule has 0 aromatic heterocycles. The monoisotopic (exact) mass is 270 g/mol. The van der Waals surface area contributed by atoms with Crippen LogP contribution in [0.4, 0.5) is 5.69 Å². The van der Waals surface area contributed by atoms with E-state index in [1.165, 1.54) is 12.1 Å². The molecule has 2 N–H and O–H groups in total. The summed E-state index contributed by atoms with van der Waals surface area (Å²) in [6, 6.07) is 4.46. The Balaban J connectivity index is 1.91. The summed E-state index contributed by atoms with van der Waals surface area (Å²) in [6.07, 6.45) is 2.09. The van der Waals surface area contributed by atoms with Crippen LogP contribution in [0.5, 0.6) is 0 Å². The Morgan fingerprint density at radius 1 is 1.50 bits per heavy atom. The molecule has 0 bridgehead atoms. The molecule has 2 rings (SSSR count). The molecule has 0 amide bonds. The lowest BCUT2D eigenvalue weighted by molar-refractivity contribution is -0.384. The Bertz CT molecular complexity index is 461. The SMILES string of the molecule is O=[N+]([O-])c1ccc(CNCC2(CO)CC2)c(Cl)c1. The molecule has 1 aromatic rings. The first-order valence-electron chi connectivity index (χ1n) is 5.81. The maximum absolute atomic E-state index is 10.6. The number of rotatable bonds is 6. The zero-order valence-corrected chi connectivity index (χ0v) is 10.6. The van der Waals surface area contributed by atoms with Crippen LogP contribution in [0.1, 0.15) is 18.4 Å². The van der Waals surface area contributed by atoms with Crippen LogP contribution < -0.4 is 5.32 Å². The number of non-ortho nitro benzene ring substituents is 1. The summed E-state index contributed by atoms with van der Waals surface area (Å²) in [4.78, 5) is 10.1. The Labute approximate surface area is 110 Å². The second-order valence-corrected chi connectivity index (χ2v) is 5.20. The minimum Gasteiger partial charge on any atom is -0.396 e. The van der Waals surface area contributed by atoms with Gasteiger partial charge in [0.15, 0.2) is 0 Å². The molecule has 0 heterocycles. The number of nitro benzene ring substituents is 1. The maximum Gasteiger partial charge on any atom is 0.270 e. The molecule has 1 fully saturated rings. The fraction of sp³-hybridized carbons (Fsp3) is 0.500. The van der Waals surface area contributed by atoms with Crippen LogP contribution in [0.25, 0.3) is 0 Å². The Morgan fingerprint density at radius 2 is 2.22 bits per heavy atom. The van der Waals surface area contributed by atoms with E-state index in [4.69, 9.17) is 16.7 Å². The van der Waals surface area contributed by atoms with Crippen molar-refractivity contribution in [2.24, 2.45) is 5.41 Å². The van der Waals surface area contributed by atoms with E-state index in [2.05, 4.69) is 5.32 Å². The third-order valence-electron chi connectivity index (χ3n) is 3.36. The van der Waals surface area contributed by atoms with Crippen molar-refractivity contribution in [1.82, 2.24) is 5.32 Å². The van der Waals surface area contributed by atoms with Gasteiger partial charge in [-0.3, -0.25) is 10.1 Å². The van der Waals surface area contributed by atoms with Crippen LogP contribution in [0.3, 0.4) is 0 Å². The third-order valence-corrected chi connectivity index (χ3v) is 3.71. The molecule has 18 heavy (non-hydrogen) atoms. The van der Waals surface area contributed by atoms with Crippen LogP contribution in [0.2, 0.25) is 5.02 Å². The summed E-state index contributed by atoms with van der Waals surface area (Å²) >= 11 is 5.98. The number of hydrogen-bond donors (Lipinski definition) is 2. The minimum atomic E-state index is -0.464. The van der Waals surface area contributed by atoms with Gasteiger partial charge in [0.1, 0.15) is 0 Å². The smallest absolute Gasteiger partial charge is 0.270 e. The Morgan fingerprint density at radius 3 is 2.72 bits per heavy atom. The van der Waals surface area contributed by atoms with E-state index in [1.807, 2.05) is 0 Å². The number of nitro groups is 1. The normalized spacial score (nSPS) is 16.6. The molecule has 1 saturated carbocycles. The molecule has 6 heteroatoms. The number of aliphatic hydroxyl groups is 1. The molecule has 0 saturated heterocycles. The molecule has 5 nitrogen and oxygen atoms in total. The quantitative estimate of drug-likeness (QED) is 0.613. The molecular weight excluding hydrogens is 256 g/mol. The topological polar surface area (TPSA) is 75.4 Å². The van der Waals surface area contributed by atoms with Gasteiger partial charge < -0.3 is 10.4 Å². The van der Waals surface area contributed by atoms with Gasteiger partial charge in [-0.05, 0) is 24.5 Å². The molecule has 0 aliphatic heterocycles. The van der Waals surface area contributed by atoms with E-state index in [0.29, 0.717) is 11.6 Å². The fourth-order valence-electron chi connectivity index (χ4n) is 1.82. The zero-order valence-electron chi connectivity index (χ0n) is 9.86. The number of aliphatic hydroxyl groups excluding tert-OH is 1. The summed E-state index contributed by atoms with van der Waals surface area (Å²) in [5, 5.41) is 23.3. The van der Waals surface area contributed by atoms with Gasteiger partial charge in [0.2, 0.25) is 0 Å². The van der Waals surface area contributed by atoms with Crippen molar-refractivity contribution in [3.63, 3.8) is 0 Å². The zero-order chi connectivity index (χ0) is 13.2. The third kappa shape index (κ3) is 2.98. The summed E-state index contributed by atoms with van der Waals surface area (Å²) in [6.45, 7) is 1.50. The fourth-order valence-corrected chi connectivity index (χ4v) is 2.06. The number of nitrogens with one attached hydrogen (secondary N) is 1. The van der Waals surface area contributed by atoms with Crippen molar-refractivity contribution in [2.45, 2.75) is 19.4 Å². The summed E-state index contributed by atoms with van der Waals surface area (Å²) in [5.74, 6) is 0. The number of hydrogen-bond acceptors (Lipinski definition) is 4. The van der Waals surface area contributed by atoms with E-state index in [1.54, 1.807) is 6.07 Å². The number of halogens is 1. The predicted molar refractivity (Wildman–Crippen MR) is 68.6 cm³/mol. The number of benzene rings is 1. The highest BCUT2D eigenvalue weighted by atomic mass is 35.5. The standard InChI is InChI=1S/C12H15ClN2O3/c13-11-5-10(15(17)18)2-1-9(11)6-14-7-12(8-16)3-4-12/h1-2,5,14,16H,3-4,6-8H2. The number of nitrogens with zero attached hydrogens (tertiary/aromatic N) is 1.